The lowest BCUT2D eigenvalue weighted by atomic mass is 10.2. The van der Waals surface area contributed by atoms with Gasteiger partial charge in [0.25, 0.3) is 0 Å². The van der Waals surface area contributed by atoms with Crippen molar-refractivity contribution in [1.82, 2.24) is 0 Å². The lowest BCUT2D eigenvalue weighted by Crippen LogP contribution is -2.10. The third-order valence-electron chi connectivity index (χ3n) is 3.06. The first-order chi connectivity index (χ1) is 11.0. The molecule has 0 heterocycles. The van der Waals surface area contributed by atoms with Gasteiger partial charge in [-0.25, -0.2) is 0 Å². The highest BCUT2D eigenvalue weighted by molar-refractivity contribution is 6.32. The summed E-state index contributed by atoms with van der Waals surface area (Å²) in [5, 5.41) is 3.14. The van der Waals surface area contributed by atoms with Gasteiger partial charge in [0.05, 0.1) is 5.02 Å². The Kier molecular flexibility index (Phi) is 5.60. The van der Waals surface area contributed by atoms with Crippen LogP contribution in [0.4, 0.5) is 5.69 Å². The second-order valence-corrected chi connectivity index (χ2v) is 5.34. The van der Waals surface area contributed by atoms with Crippen LogP contribution in [-0.4, -0.2) is 11.8 Å². The van der Waals surface area contributed by atoms with E-state index in [0.717, 1.165) is 6.42 Å². The fraction of sp³-hybridized carbons (Fsp3) is 0.176. The summed E-state index contributed by atoms with van der Waals surface area (Å²) in [6.07, 6.45) is 1.24. The number of amides is 2. The van der Waals surface area contributed by atoms with Gasteiger partial charge in [-0.2, -0.15) is 0 Å². The van der Waals surface area contributed by atoms with Gasteiger partial charge in [-0.15, -0.1) is 0 Å². The summed E-state index contributed by atoms with van der Waals surface area (Å²) in [6.45, 7) is 1.94. The molecule has 120 valence electrons. The summed E-state index contributed by atoms with van der Waals surface area (Å²) in [4.78, 5) is 22.6. The van der Waals surface area contributed by atoms with Crippen molar-refractivity contribution in [1.29, 1.82) is 0 Å². The Morgan fingerprint density at radius 3 is 2.43 bits per heavy atom. The Balaban J connectivity index is 2.08. The fourth-order valence-corrected chi connectivity index (χ4v) is 2.15. The second kappa shape index (κ2) is 7.65. The molecular formula is C17H17ClN2O3. The van der Waals surface area contributed by atoms with Crippen molar-refractivity contribution in [2.45, 2.75) is 19.8 Å². The Bertz CT molecular complexity index is 714. The molecule has 0 spiro atoms. The van der Waals surface area contributed by atoms with E-state index < -0.39 is 5.91 Å². The molecular weight excluding hydrogens is 316 g/mol. The third kappa shape index (κ3) is 4.72. The largest absolute Gasteiger partial charge is 0.456 e. The molecule has 0 aromatic heterocycles. The summed E-state index contributed by atoms with van der Waals surface area (Å²) < 4.78 is 5.65. The highest BCUT2D eigenvalue weighted by Crippen LogP contribution is 2.31. The molecule has 0 atom stereocenters. The maximum Gasteiger partial charge on any atom is 0.248 e. The zero-order chi connectivity index (χ0) is 16.8. The second-order valence-electron chi connectivity index (χ2n) is 4.93. The Morgan fingerprint density at radius 2 is 1.87 bits per heavy atom. The molecule has 0 bridgehead atoms. The van der Waals surface area contributed by atoms with Crippen molar-refractivity contribution in [2.24, 2.45) is 5.73 Å². The number of anilines is 1. The fourth-order valence-electron chi connectivity index (χ4n) is 1.93. The van der Waals surface area contributed by atoms with Gasteiger partial charge in [0.1, 0.15) is 11.5 Å². The quantitative estimate of drug-likeness (QED) is 0.839. The van der Waals surface area contributed by atoms with Gasteiger partial charge in [0.2, 0.25) is 11.8 Å². The predicted molar refractivity (Wildman–Crippen MR) is 90.0 cm³/mol. The van der Waals surface area contributed by atoms with Crippen LogP contribution in [0.15, 0.2) is 42.5 Å². The summed E-state index contributed by atoms with van der Waals surface area (Å²) in [5.74, 6) is 0.424. The van der Waals surface area contributed by atoms with Crippen LogP contribution < -0.4 is 15.8 Å². The molecule has 5 nitrogen and oxygen atoms in total. The van der Waals surface area contributed by atoms with E-state index in [0.29, 0.717) is 34.2 Å². The Hall–Kier alpha value is -2.53. The summed E-state index contributed by atoms with van der Waals surface area (Å²) in [7, 11) is 0. The summed E-state index contributed by atoms with van der Waals surface area (Å²) in [5.41, 5.74) is 6.20. The van der Waals surface area contributed by atoms with E-state index in [4.69, 9.17) is 22.1 Å². The molecule has 0 aliphatic carbocycles. The lowest BCUT2D eigenvalue weighted by molar-refractivity contribution is -0.116. The van der Waals surface area contributed by atoms with Crippen LogP contribution in [0.2, 0.25) is 5.02 Å². The van der Waals surface area contributed by atoms with Crippen LogP contribution in [0.1, 0.15) is 30.1 Å². The van der Waals surface area contributed by atoms with Crippen molar-refractivity contribution in [3.63, 3.8) is 0 Å². The number of carbonyl (C=O) groups excluding carboxylic acids is 2. The van der Waals surface area contributed by atoms with Gasteiger partial charge >= 0.3 is 0 Å². The normalized spacial score (nSPS) is 10.2. The smallest absolute Gasteiger partial charge is 0.248 e. The number of primary amides is 1. The monoisotopic (exact) mass is 332 g/mol. The van der Waals surface area contributed by atoms with Crippen molar-refractivity contribution in [3.8, 4) is 11.5 Å². The van der Waals surface area contributed by atoms with E-state index in [1.807, 2.05) is 6.92 Å². The van der Waals surface area contributed by atoms with E-state index in [1.165, 1.54) is 0 Å². The van der Waals surface area contributed by atoms with Gasteiger partial charge in [-0.3, -0.25) is 9.59 Å². The van der Waals surface area contributed by atoms with Crippen molar-refractivity contribution in [3.05, 3.63) is 53.1 Å². The van der Waals surface area contributed by atoms with Crippen LogP contribution >= 0.6 is 11.6 Å². The van der Waals surface area contributed by atoms with Gasteiger partial charge < -0.3 is 15.8 Å². The first-order valence-corrected chi connectivity index (χ1v) is 7.54. The van der Waals surface area contributed by atoms with Gasteiger partial charge in [0, 0.05) is 17.7 Å². The number of benzene rings is 2. The number of ether oxygens (including phenoxy) is 1. The average molecular weight is 333 g/mol. The number of rotatable bonds is 6. The standard InChI is InChI=1S/C17H17ClN2O3/c1-2-3-16(21)20-12-6-9-15(14(18)10-12)23-13-7-4-11(5-8-13)17(19)22/h4-10H,2-3H2,1H3,(H2,19,22)(H,20,21). The number of hydrogen-bond donors (Lipinski definition) is 2. The molecule has 0 fully saturated rings. The highest BCUT2D eigenvalue weighted by Gasteiger charge is 2.07. The first kappa shape index (κ1) is 16.8. The predicted octanol–water partition coefficient (Wildman–Crippen LogP) is 3.97. The van der Waals surface area contributed by atoms with Crippen LogP contribution in [0.25, 0.3) is 0 Å². The lowest BCUT2D eigenvalue weighted by Gasteiger charge is -2.10. The molecule has 2 aromatic carbocycles. The minimum absolute atomic E-state index is 0.0562. The number of nitrogens with two attached hydrogens (primary N) is 1. The maximum absolute atomic E-state index is 11.6. The third-order valence-corrected chi connectivity index (χ3v) is 3.35. The molecule has 0 saturated heterocycles. The molecule has 2 amide bonds. The van der Waals surface area contributed by atoms with Crippen molar-refractivity contribution >= 4 is 29.1 Å². The topological polar surface area (TPSA) is 81.4 Å². The van der Waals surface area contributed by atoms with Crippen LogP contribution in [0, 0.1) is 0 Å². The van der Waals surface area contributed by atoms with Crippen LogP contribution in [0.5, 0.6) is 11.5 Å². The number of halogens is 1. The molecule has 2 rings (SSSR count). The van der Waals surface area contributed by atoms with Crippen molar-refractivity contribution < 1.29 is 14.3 Å². The zero-order valence-electron chi connectivity index (χ0n) is 12.6. The Morgan fingerprint density at radius 1 is 1.17 bits per heavy atom. The van der Waals surface area contributed by atoms with E-state index in [2.05, 4.69) is 5.32 Å². The molecule has 3 N–H and O–H groups in total. The summed E-state index contributed by atoms with van der Waals surface area (Å²) >= 11 is 6.17. The summed E-state index contributed by atoms with van der Waals surface area (Å²) in [6, 6.07) is 11.4. The SMILES string of the molecule is CCCC(=O)Nc1ccc(Oc2ccc(C(N)=O)cc2)c(Cl)c1. The van der Waals surface area contributed by atoms with E-state index in [-0.39, 0.29) is 5.91 Å². The molecule has 23 heavy (non-hydrogen) atoms. The minimum Gasteiger partial charge on any atom is -0.456 e. The zero-order valence-corrected chi connectivity index (χ0v) is 13.4. The molecule has 2 aromatic rings. The molecule has 0 unspecified atom stereocenters. The van der Waals surface area contributed by atoms with Crippen molar-refractivity contribution in [2.75, 3.05) is 5.32 Å². The number of hydrogen-bond acceptors (Lipinski definition) is 3. The number of carbonyl (C=O) groups is 2. The number of nitrogens with one attached hydrogen (secondary N) is 1. The molecule has 6 heteroatoms. The van der Waals surface area contributed by atoms with Crippen LogP contribution in [0.3, 0.4) is 0 Å². The van der Waals surface area contributed by atoms with E-state index >= 15 is 0 Å². The first-order valence-electron chi connectivity index (χ1n) is 7.16. The molecule has 0 aliphatic rings. The van der Waals surface area contributed by atoms with Gasteiger partial charge in [-0.05, 0) is 48.9 Å². The minimum atomic E-state index is -0.498. The highest BCUT2D eigenvalue weighted by atomic mass is 35.5. The average Bonchev–Trinajstić information content (AvgIpc) is 2.51. The van der Waals surface area contributed by atoms with Crippen LogP contribution in [-0.2, 0) is 4.79 Å². The maximum atomic E-state index is 11.6. The molecule has 0 aliphatic heterocycles. The van der Waals surface area contributed by atoms with Gasteiger partial charge in [0.15, 0.2) is 0 Å². The Labute approximate surface area is 139 Å². The van der Waals surface area contributed by atoms with E-state index in [9.17, 15) is 9.59 Å². The van der Waals surface area contributed by atoms with Gasteiger partial charge in [-0.1, -0.05) is 18.5 Å². The molecule has 0 saturated carbocycles. The molecule has 0 radical (unpaired) electrons. The van der Waals surface area contributed by atoms with E-state index in [1.54, 1.807) is 42.5 Å².